The summed E-state index contributed by atoms with van der Waals surface area (Å²) in [6.07, 6.45) is 0.691. The lowest BCUT2D eigenvalue weighted by atomic mass is 10.0. The second kappa shape index (κ2) is 7.06. The van der Waals surface area contributed by atoms with Gasteiger partial charge in [-0.25, -0.2) is 9.24 Å². The molecule has 0 spiro atoms. The first-order chi connectivity index (χ1) is 12.7. The molecule has 2 heterocycles. The average Bonchev–Trinajstić information content (AvgIpc) is 2.97. The van der Waals surface area contributed by atoms with Crippen molar-refractivity contribution in [1.82, 2.24) is 0 Å². The molecule has 3 aromatic rings. The minimum absolute atomic E-state index is 0.224. The molecule has 1 aromatic heterocycles. The molecular formula is C21H19FN2OS. The maximum atomic E-state index is 13.5. The molecule has 0 bridgehead atoms. The Kier molecular flexibility index (Phi) is 4.62. The van der Waals surface area contributed by atoms with Crippen molar-refractivity contribution >= 4 is 32.8 Å². The Morgan fingerprint density at radius 3 is 2.69 bits per heavy atom. The van der Waals surface area contributed by atoms with Gasteiger partial charge in [-0.1, -0.05) is 24.3 Å². The summed E-state index contributed by atoms with van der Waals surface area (Å²) in [5.74, 6) is -0.224. The monoisotopic (exact) mass is 366 g/mol. The Labute approximate surface area is 156 Å². The summed E-state index contributed by atoms with van der Waals surface area (Å²) in [5.41, 5.74) is 2.94. The number of nitrogens with zero attached hydrogens (tertiary/aromatic N) is 2. The van der Waals surface area contributed by atoms with Gasteiger partial charge in [-0.05, 0) is 52.3 Å². The predicted octanol–water partition coefficient (Wildman–Crippen LogP) is 5.33. The van der Waals surface area contributed by atoms with Gasteiger partial charge in [0, 0.05) is 13.1 Å². The fourth-order valence-corrected chi connectivity index (χ4v) is 4.60. The van der Waals surface area contributed by atoms with Crippen molar-refractivity contribution < 1.29 is 9.13 Å². The highest BCUT2D eigenvalue weighted by Gasteiger charge is 2.22. The minimum atomic E-state index is -0.224. The van der Waals surface area contributed by atoms with Crippen LogP contribution in [-0.2, 0) is 11.2 Å². The van der Waals surface area contributed by atoms with Gasteiger partial charge in [-0.15, -0.1) is 11.3 Å². The van der Waals surface area contributed by atoms with Crippen molar-refractivity contribution in [1.29, 1.82) is 0 Å². The van der Waals surface area contributed by atoms with Gasteiger partial charge in [0.15, 0.2) is 0 Å². The first kappa shape index (κ1) is 17.0. The highest BCUT2D eigenvalue weighted by Crippen LogP contribution is 2.43. The Morgan fingerprint density at radius 2 is 1.92 bits per heavy atom. The van der Waals surface area contributed by atoms with E-state index >= 15 is 0 Å². The molecule has 0 saturated carbocycles. The SMILES string of the molecule is [C-]#[N+]c1c(N2CCOCC2)sc(C)c1Cc1ccc2ccc(F)cc2c1. The summed E-state index contributed by atoms with van der Waals surface area (Å²) >= 11 is 1.69. The Morgan fingerprint density at radius 1 is 1.15 bits per heavy atom. The van der Waals surface area contributed by atoms with Crippen LogP contribution in [0.3, 0.4) is 0 Å². The summed E-state index contributed by atoms with van der Waals surface area (Å²) in [6, 6.07) is 11.0. The number of hydrogen-bond acceptors (Lipinski definition) is 3. The third-order valence-corrected chi connectivity index (χ3v) is 6.02. The van der Waals surface area contributed by atoms with Crippen LogP contribution < -0.4 is 4.90 Å². The van der Waals surface area contributed by atoms with Crippen LogP contribution in [0.2, 0.25) is 0 Å². The number of anilines is 1. The van der Waals surface area contributed by atoms with Gasteiger partial charge < -0.3 is 9.64 Å². The molecule has 0 amide bonds. The molecule has 26 heavy (non-hydrogen) atoms. The lowest BCUT2D eigenvalue weighted by Gasteiger charge is -2.28. The van der Waals surface area contributed by atoms with Crippen LogP contribution in [-0.4, -0.2) is 26.3 Å². The second-order valence-electron chi connectivity index (χ2n) is 6.50. The van der Waals surface area contributed by atoms with Crippen molar-refractivity contribution in [3.8, 4) is 0 Å². The molecule has 0 unspecified atom stereocenters. The van der Waals surface area contributed by atoms with E-state index < -0.39 is 0 Å². The van der Waals surface area contributed by atoms with Gasteiger partial charge in [0.1, 0.15) is 5.82 Å². The summed E-state index contributed by atoms with van der Waals surface area (Å²) in [4.78, 5) is 7.29. The number of rotatable bonds is 3. The molecule has 1 aliphatic rings. The normalized spacial score (nSPS) is 14.6. The first-order valence-corrected chi connectivity index (χ1v) is 9.48. The standard InChI is InChI=1S/C21H19FN2OS/c1-14-19(20(23-2)21(26-14)24-7-9-25-10-8-24)12-15-3-4-16-5-6-18(22)13-17(16)11-15/h3-6,11,13H,7-10,12H2,1H3. The van der Waals surface area contributed by atoms with Crippen molar-refractivity contribution in [2.24, 2.45) is 0 Å². The van der Waals surface area contributed by atoms with E-state index in [1.165, 1.54) is 10.9 Å². The zero-order valence-corrected chi connectivity index (χ0v) is 15.4. The first-order valence-electron chi connectivity index (χ1n) is 8.66. The zero-order valence-electron chi connectivity index (χ0n) is 14.6. The number of fused-ring (bicyclic) bond motifs is 1. The quantitative estimate of drug-likeness (QED) is 0.583. The van der Waals surface area contributed by atoms with Gasteiger partial charge in [0.2, 0.25) is 5.69 Å². The van der Waals surface area contributed by atoms with Crippen LogP contribution in [0.15, 0.2) is 36.4 Å². The number of benzene rings is 2. The van der Waals surface area contributed by atoms with Crippen molar-refractivity contribution in [2.45, 2.75) is 13.3 Å². The number of ether oxygens (including phenoxy) is 1. The third kappa shape index (κ3) is 3.18. The van der Waals surface area contributed by atoms with Crippen LogP contribution in [0.5, 0.6) is 0 Å². The fourth-order valence-electron chi connectivity index (χ4n) is 3.44. The summed E-state index contributed by atoms with van der Waals surface area (Å²) in [7, 11) is 0. The molecule has 0 radical (unpaired) electrons. The minimum Gasteiger partial charge on any atom is -0.378 e. The van der Waals surface area contributed by atoms with Gasteiger partial charge in [-0.3, -0.25) is 0 Å². The topological polar surface area (TPSA) is 16.8 Å². The number of halogens is 1. The van der Waals surface area contributed by atoms with E-state index in [0.29, 0.717) is 19.6 Å². The van der Waals surface area contributed by atoms with E-state index in [-0.39, 0.29) is 5.82 Å². The molecule has 1 aliphatic heterocycles. The Hall–Kier alpha value is -2.42. The smallest absolute Gasteiger partial charge is 0.224 e. The molecule has 0 atom stereocenters. The Balaban J connectivity index is 1.69. The molecule has 2 aromatic carbocycles. The maximum Gasteiger partial charge on any atom is 0.224 e. The van der Waals surface area contributed by atoms with Crippen molar-refractivity contribution in [3.63, 3.8) is 0 Å². The lowest BCUT2D eigenvalue weighted by molar-refractivity contribution is 0.123. The van der Waals surface area contributed by atoms with Gasteiger partial charge in [-0.2, -0.15) is 0 Å². The van der Waals surface area contributed by atoms with E-state index in [4.69, 9.17) is 11.3 Å². The van der Waals surface area contributed by atoms with Crippen molar-refractivity contribution in [2.75, 3.05) is 31.2 Å². The molecular weight excluding hydrogens is 347 g/mol. The second-order valence-corrected chi connectivity index (χ2v) is 7.71. The highest BCUT2D eigenvalue weighted by atomic mass is 32.1. The van der Waals surface area contributed by atoms with Crippen LogP contribution in [0, 0.1) is 19.3 Å². The number of morpholine rings is 1. The van der Waals surface area contributed by atoms with E-state index in [9.17, 15) is 4.39 Å². The Bertz CT molecular complexity index is 999. The van der Waals surface area contributed by atoms with E-state index in [1.54, 1.807) is 23.5 Å². The molecule has 0 aliphatic carbocycles. The van der Waals surface area contributed by atoms with Crippen LogP contribution >= 0.6 is 11.3 Å². The molecule has 3 nitrogen and oxygen atoms in total. The average molecular weight is 366 g/mol. The highest BCUT2D eigenvalue weighted by molar-refractivity contribution is 7.17. The lowest BCUT2D eigenvalue weighted by Crippen LogP contribution is -2.35. The summed E-state index contributed by atoms with van der Waals surface area (Å²) in [5, 5.41) is 2.98. The molecule has 1 saturated heterocycles. The van der Waals surface area contributed by atoms with Gasteiger partial charge in [0.05, 0.1) is 24.8 Å². The zero-order chi connectivity index (χ0) is 18.1. The van der Waals surface area contributed by atoms with Gasteiger partial charge in [0.25, 0.3) is 0 Å². The summed E-state index contributed by atoms with van der Waals surface area (Å²) < 4.78 is 19.0. The van der Waals surface area contributed by atoms with Crippen LogP contribution in [0.25, 0.3) is 15.6 Å². The molecule has 1 fully saturated rings. The molecule has 5 heteroatoms. The van der Waals surface area contributed by atoms with Crippen molar-refractivity contribution in [3.05, 3.63) is 69.6 Å². The van der Waals surface area contributed by atoms with E-state index in [1.807, 2.05) is 12.1 Å². The largest absolute Gasteiger partial charge is 0.378 e. The predicted molar refractivity (Wildman–Crippen MR) is 105 cm³/mol. The maximum absolute atomic E-state index is 13.5. The fraction of sp³-hybridized carbons (Fsp3) is 0.286. The van der Waals surface area contributed by atoms with E-state index in [2.05, 4.69) is 22.7 Å². The third-order valence-electron chi connectivity index (χ3n) is 4.82. The van der Waals surface area contributed by atoms with Crippen LogP contribution in [0.1, 0.15) is 16.0 Å². The number of thiophene rings is 1. The van der Waals surface area contributed by atoms with Gasteiger partial charge >= 0.3 is 0 Å². The molecule has 0 N–H and O–H groups in total. The molecule has 132 valence electrons. The van der Waals surface area contributed by atoms with E-state index in [0.717, 1.165) is 45.7 Å². The summed E-state index contributed by atoms with van der Waals surface area (Å²) in [6.45, 7) is 12.9. The van der Waals surface area contributed by atoms with Crippen LogP contribution in [0.4, 0.5) is 15.1 Å². The number of hydrogen-bond donors (Lipinski definition) is 0. The number of aryl methyl sites for hydroxylation is 1. The molecule has 4 rings (SSSR count).